The molecule has 3 N–H and O–H groups in total. The fourth-order valence-corrected chi connectivity index (χ4v) is 2.85. The highest BCUT2D eigenvalue weighted by Crippen LogP contribution is 2.11. The lowest BCUT2D eigenvalue weighted by atomic mass is 10.5. The number of nitrogens with zero attached hydrogens (tertiary/aromatic N) is 2. The summed E-state index contributed by atoms with van der Waals surface area (Å²) < 4.78 is 26.3. The molecule has 8 heteroatoms. The van der Waals surface area contributed by atoms with Gasteiger partial charge in [-0.2, -0.15) is 0 Å². The standard InChI is InChI=1S/C10H12N4O2S2/c1-7-14-8(6-17-7)4-13-18(15,16)9-2-3-10(11)12-5-9/h2-3,5-6,13H,4H2,1H3,(H2,11,12). The summed E-state index contributed by atoms with van der Waals surface area (Å²) in [6.07, 6.45) is 1.23. The lowest BCUT2D eigenvalue weighted by molar-refractivity contribution is 0.580. The molecule has 0 aliphatic rings. The molecular formula is C10H12N4O2S2. The molecule has 0 fully saturated rings. The second-order valence-electron chi connectivity index (χ2n) is 3.60. The van der Waals surface area contributed by atoms with Crippen molar-refractivity contribution < 1.29 is 8.42 Å². The number of nitrogens with two attached hydrogens (primary N) is 1. The van der Waals surface area contributed by atoms with Gasteiger partial charge in [-0.3, -0.25) is 0 Å². The molecule has 96 valence electrons. The van der Waals surface area contributed by atoms with Crippen LogP contribution in [-0.2, 0) is 16.6 Å². The number of thiazole rings is 1. The van der Waals surface area contributed by atoms with Gasteiger partial charge in [-0.25, -0.2) is 23.1 Å². The van der Waals surface area contributed by atoms with E-state index in [-0.39, 0.29) is 17.3 Å². The Morgan fingerprint density at radius 2 is 2.22 bits per heavy atom. The minimum absolute atomic E-state index is 0.0867. The van der Waals surface area contributed by atoms with Gasteiger partial charge in [-0.1, -0.05) is 0 Å². The number of hydrogen-bond donors (Lipinski definition) is 2. The highest BCUT2D eigenvalue weighted by atomic mass is 32.2. The van der Waals surface area contributed by atoms with Gasteiger partial charge in [0.2, 0.25) is 10.0 Å². The molecule has 2 rings (SSSR count). The van der Waals surface area contributed by atoms with Crippen molar-refractivity contribution in [3.8, 4) is 0 Å². The predicted molar refractivity (Wildman–Crippen MR) is 69.5 cm³/mol. The maximum absolute atomic E-state index is 11.9. The molecular weight excluding hydrogens is 272 g/mol. The van der Waals surface area contributed by atoms with Crippen molar-refractivity contribution in [2.75, 3.05) is 5.73 Å². The summed E-state index contributed by atoms with van der Waals surface area (Å²) in [5, 5.41) is 2.72. The SMILES string of the molecule is Cc1nc(CNS(=O)(=O)c2ccc(N)nc2)cs1. The van der Waals surface area contributed by atoms with Crippen molar-refractivity contribution in [1.82, 2.24) is 14.7 Å². The van der Waals surface area contributed by atoms with Crippen molar-refractivity contribution >= 4 is 27.2 Å². The number of sulfonamides is 1. The molecule has 0 spiro atoms. The van der Waals surface area contributed by atoms with Crippen molar-refractivity contribution in [2.24, 2.45) is 0 Å². The first-order valence-electron chi connectivity index (χ1n) is 5.09. The first-order valence-corrected chi connectivity index (χ1v) is 7.46. The Balaban J connectivity index is 2.10. The molecule has 0 amide bonds. The van der Waals surface area contributed by atoms with E-state index in [9.17, 15) is 8.42 Å². The largest absolute Gasteiger partial charge is 0.384 e. The van der Waals surface area contributed by atoms with Gasteiger partial charge in [0, 0.05) is 11.6 Å². The average molecular weight is 284 g/mol. The molecule has 0 aromatic carbocycles. The maximum Gasteiger partial charge on any atom is 0.242 e. The summed E-state index contributed by atoms with van der Waals surface area (Å²) in [5.41, 5.74) is 6.10. The molecule has 0 unspecified atom stereocenters. The van der Waals surface area contributed by atoms with E-state index in [0.29, 0.717) is 5.69 Å². The normalized spacial score (nSPS) is 11.6. The summed E-state index contributed by atoms with van der Waals surface area (Å²) in [5.74, 6) is 0.282. The number of aromatic nitrogens is 2. The quantitative estimate of drug-likeness (QED) is 0.869. The number of aryl methyl sites for hydroxylation is 1. The number of anilines is 1. The smallest absolute Gasteiger partial charge is 0.242 e. The zero-order chi connectivity index (χ0) is 13.2. The third-order valence-electron chi connectivity index (χ3n) is 2.18. The van der Waals surface area contributed by atoms with Crippen LogP contribution in [0.4, 0.5) is 5.82 Å². The molecule has 0 radical (unpaired) electrons. The summed E-state index contributed by atoms with van der Waals surface area (Å²) in [6.45, 7) is 2.03. The van der Waals surface area contributed by atoms with Crippen LogP contribution in [0.3, 0.4) is 0 Å². The zero-order valence-corrected chi connectivity index (χ0v) is 11.3. The zero-order valence-electron chi connectivity index (χ0n) is 9.62. The Morgan fingerprint density at radius 1 is 1.44 bits per heavy atom. The summed E-state index contributed by atoms with van der Waals surface area (Å²) in [4.78, 5) is 8.01. The average Bonchev–Trinajstić information content (AvgIpc) is 2.73. The van der Waals surface area contributed by atoms with Crippen LogP contribution < -0.4 is 10.5 Å². The Morgan fingerprint density at radius 3 is 2.78 bits per heavy atom. The molecule has 0 saturated carbocycles. The second-order valence-corrected chi connectivity index (χ2v) is 6.43. The van der Waals surface area contributed by atoms with Gasteiger partial charge in [0.1, 0.15) is 10.7 Å². The maximum atomic E-state index is 11.9. The lowest BCUT2D eigenvalue weighted by Crippen LogP contribution is -2.23. The Kier molecular flexibility index (Phi) is 3.60. The summed E-state index contributed by atoms with van der Waals surface area (Å²) in [7, 11) is -3.57. The predicted octanol–water partition coefficient (Wildman–Crippen LogP) is 0.907. The number of nitrogens with one attached hydrogen (secondary N) is 1. The van der Waals surface area contributed by atoms with E-state index in [0.717, 1.165) is 5.01 Å². The monoisotopic (exact) mass is 284 g/mol. The second kappa shape index (κ2) is 5.01. The molecule has 2 aromatic rings. The van der Waals surface area contributed by atoms with E-state index in [4.69, 9.17) is 5.73 Å². The van der Waals surface area contributed by atoms with Crippen molar-refractivity contribution in [2.45, 2.75) is 18.4 Å². The van der Waals surface area contributed by atoms with E-state index >= 15 is 0 Å². The van der Waals surface area contributed by atoms with Gasteiger partial charge in [0.15, 0.2) is 0 Å². The van der Waals surface area contributed by atoms with Gasteiger partial charge < -0.3 is 5.73 Å². The van der Waals surface area contributed by atoms with Gasteiger partial charge in [0.05, 0.1) is 17.2 Å². The fraction of sp³-hybridized carbons (Fsp3) is 0.200. The van der Waals surface area contributed by atoms with Gasteiger partial charge in [-0.05, 0) is 19.1 Å². The molecule has 0 saturated heterocycles. The fourth-order valence-electron chi connectivity index (χ4n) is 1.29. The van der Waals surface area contributed by atoms with E-state index in [1.165, 1.54) is 29.7 Å². The molecule has 0 aliphatic carbocycles. The van der Waals surface area contributed by atoms with Crippen LogP contribution in [0.1, 0.15) is 10.7 Å². The van der Waals surface area contributed by atoms with E-state index in [1.54, 1.807) is 0 Å². The van der Waals surface area contributed by atoms with Crippen LogP contribution in [-0.4, -0.2) is 18.4 Å². The van der Waals surface area contributed by atoms with Crippen LogP contribution in [0.25, 0.3) is 0 Å². The van der Waals surface area contributed by atoms with Crippen molar-refractivity contribution in [3.63, 3.8) is 0 Å². The molecule has 2 heterocycles. The minimum atomic E-state index is -3.57. The van der Waals surface area contributed by atoms with Crippen LogP contribution in [0.5, 0.6) is 0 Å². The van der Waals surface area contributed by atoms with Crippen molar-refractivity contribution in [1.29, 1.82) is 0 Å². The summed E-state index contributed by atoms with van der Waals surface area (Å²) in [6, 6.07) is 2.86. The van der Waals surface area contributed by atoms with E-state index < -0.39 is 10.0 Å². The molecule has 0 aliphatic heterocycles. The molecule has 0 bridgehead atoms. The highest BCUT2D eigenvalue weighted by Gasteiger charge is 2.14. The summed E-state index contributed by atoms with van der Waals surface area (Å²) >= 11 is 1.48. The molecule has 18 heavy (non-hydrogen) atoms. The van der Waals surface area contributed by atoms with Crippen LogP contribution in [0, 0.1) is 6.92 Å². The number of hydrogen-bond acceptors (Lipinski definition) is 6. The van der Waals surface area contributed by atoms with E-state index in [2.05, 4.69) is 14.7 Å². The lowest BCUT2D eigenvalue weighted by Gasteiger charge is -2.04. The first kappa shape index (κ1) is 12.9. The molecule has 6 nitrogen and oxygen atoms in total. The number of nitrogen functional groups attached to an aromatic ring is 1. The first-order chi connectivity index (χ1) is 8.47. The number of rotatable bonds is 4. The van der Waals surface area contributed by atoms with Crippen molar-refractivity contribution in [3.05, 3.63) is 34.4 Å². The molecule has 0 atom stereocenters. The van der Waals surface area contributed by atoms with Crippen LogP contribution in [0.15, 0.2) is 28.6 Å². The third kappa shape index (κ3) is 3.03. The topological polar surface area (TPSA) is 98.0 Å². The Hall–Kier alpha value is -1.51. The Bertz CT molecular complexity index is 634. The third-order valence-corrected chi connectivity index (χ3v) is 4.39. The Labute approximate surface area is 109 Å². The number of pyridine rings is 1. The van der Waals surface area contributed by atoms with Gasteiger partial charge in [0.25, 0.3) is 0 Å². The van der Waals surface area contributed by atoms with Crippen LogP contribution >= 0.6 is 11.3 Å². The van der Waals surface area contributed by atoms with Crippen LogP contribution in [0.2, 0.25) is 0 Å². The van der Waals surface area contributed by atoms with Gasteiger partial charge >= 0.3 is 0 Å². The van der Waals surface area contributed by atoms with E-state index in [1.807, 2.05) is 12.3 Å². The molecule has 2 aromatic heterocycles. The van der Waals surface area contributed by atoms with Gasteiger partial charge in [-0.15, -0.1) is 11.3 Å². The minimum Gasteiger partial charge on any atom is -0.384 e. The highest BCUT2D eigenvalue weighted by molar-refractivity contribution is 7.89.